The molecule has 0 radical (unpaired) electrons. The fraction of sp³-hybridized carbons (Fsp3) is 0.727. The van der Waals surface area contributed by atoms with Gasteiger partial charge in [0.25, 0.3) is 0 Å². The summed E-state index contributed by atoms with van der Waals surface area (Å²) < 4.78 is 0. The summed E-state index contributed by atoms with van der Waals surface area (Å²) in [4.78, 5) is 0. The quantitative estimate of drug-likeness (QED) is 0.310. The molecule has 4 heteroatoms. The van der Waals surface area contributed by atoms with Gasteiger partial charge in [-0.15, -0.1) is 0 Å². The number of hydrogen-bond donors (Lipinski definition) is 0. The minimum Gasteiger partial charge on any atom is -0.0725 e. The van der Waals surface area contributed by atoms with Crippen molar-refractivity contribution in [3.05, 3.63) is 30.3 Å². The third-order valence-corrected chi connectivity index (χ3v) is 59.5. The SMILES string of the molecule is CC(C)(C)P1P(c2ccccc2)P(C(C)(C)C)[Si]1(C(C)(C)C)C(C)(C)C. The zero-order valence-corrected chi connectivity index (χ0v) is 22.9. The van der Waals surface area contributed by atoms with Gasteiger partial charge in [0.15, 0.2) is 0 Å². The molecule has 148 valence electrons. The Hall–Kier alpha value is 0.727. The van der Waals surface area contributed by atoms with Gasteiger partial charge < -0.3 is 0 Å². The monoisotopic (exact) mass is 426 g/mol. The molecule has 1 aliphatic rings. The summed E-state index contributed by atoms with van der Waals surface area (Å²) in [6.45, 7) is 31.0. The topological polar surface area (TPSA) is 0 Å². The van der Waals surface area contributed by atoms with Crippen molar-refractivity contribution in [3.63, 3.8) is 0 Å². The molecule has 1 aliphatic heterocycles. The fourth-order valence-corrected chi connectivity index (χ4v) is 81.4. The Morgan fingerprint density at radius 2 is 0.923 bits per heavy atom. The van der Waals surface area contributed by atoms with Gasteiger partial charge in [-0.2, -0.15) is 0 Å². The Morgan fingerprint density at radius 3 is 1.19 bits per heavy atom. The van der Waals surface area contributed by atoms with Crippen molar-refractivity contribution in [2.45, 2.75) is 103 Å². The molecule has 2 atom stereocenters. The molecule has 1 heterocycles. The van der Waals surface area contributed by atoms with Crippen molar-refractivity contribution in [1.82, 2.24) is 0 Å². The Bertz CT molecular complexity index is 589. The highest BCUT2D eigenvalue weighted by Crippen LogP contribution is 3.14. The van der Waals surface area contributed by atoms with Crippen LogP contribution in [0.4, 0.5) is 0 Å². The largest absolute Gasteiger partial charge is 0.130 e. The molecular formula is C22H41P3Si. The van der Waals surface area contributed by atoms with Crippen LogP contribution < -0.4 is 5.30 Å². The van der Waals surface area contributed by atoms with Gasteiger partial charge in [-0.3, -0.25) is 0 Å². The first kappa shape index (κ1) is 23.0. The third-order valence-electron chi connectivity index (χ3n) is 5.34. The third kappa shape index (κ3) is 3.54. The van der Waals surface area contributed by atoms with Crippen LogP contribution in [0.25, 0.3) is 0 Å². The van der Waals surface area contributed by atoms with Gasteiger partial charge in [0.05, 0.1) is 0 Å². The average molecular weight is 427 g/mol. The van der Waals surface area contributed by atoms with E-state index in [9.17, 15) is 0 Å². The predicted molar refractivity (Wildman–Crippen MR) is 132 cm³/mol. The molecule has 0 bridgehead atoms. The van der Waals surface area contributed by atoms with Crippen LogP contribution in [0.1, 0.15) is 83.1 Å². The van der Waals surface area contributed by atoms with Crippen molar-refractivity contribution in [2.24, 2.45) is 0 Å². The first-order chi connectivity index (χ1) is 11.5. The van der Waals surface area contributed by atoms with Crippen LogP contribution in [-0.4, -0.2) is 17.7 Å². The molecule has 0 aromatic heterocycles. The van der Waals surface area contributed by atoms with Crippen LogP contribution in [0.15, 0.2) is 30.3 Å². The summed E-state index contributed by atoms with van der Waals surface area (Å²) in [6.07, 6.45) is 0. The fourth-order valence-electron chi connectivity index (χ4n) is 5.14. The van der Waals surface area contributed by atoms with Gasteiger partial charge in [0.2, 0.25) is 0 Å². The molecule has 0 saturated carbocycles. The van der Waals surface area contributed by atoms with E-state index in [1.807, 2.05) is 0 Å². The maximum atomic E-state index is 2.60. The lowest BCUT2D eigenvalue weighted by molar-refractivity contribution is 0.645. The van der Waals surface area contributed by atoms with Crippen LogP contribution >= 0.6 is 21.6 Å². The highest BCUT2D eigenvalue weighted by atomic mass is 32.7. The Morgan fingerprint density at radius 1 is 0.577 bits per heavy atom. The van der Waals surface area contributed by atoms with E-state index < -0.39 is 7.41 Å². The van der Waals surface area contributed by atoms with Crippen LogP contribution in [0.5, 0.6) is 0 Å². The first-order valence-corrected chi connectivity index (χ1v) is 19.0. The van der Waals surface area contributed by atoms with Crippen LogP contribution in [0, 0.1) is 0 Å². The second-order valence-corrected chi connectivity index (χ2v) is 36.9. The Balaban J connectivity index is 2.84. The van der Waals surface area contributed by atoms with E-state index >= 15 is 0 Å². The molecule has 0 spiro atoms. The molecule has 2 unspecified atom stereocenters. The zero-order valence-electron chi connectivity index (χ0n) is 19.2. The summed E-state index contributed by atoms with van der Waals surface area (Å²) in [7, 11) is -1.53. The lowest BCUT2D eigenvalue weighted by atomic mass is 10.2. The smallest absolute Gasteiger partial charge is 0.0725 e. The van der Waals surface area contributed by atoms with Gasteiger partial charge in [-0.25, -0.2) is 0 Å². The Kier molecular flexibility index (Phi) is 6.11. The lowest BCUT2D eigenvalue weighted by Gasteiger charge is -2.76. The van der Waals surface area contributed by atoms with E-state index in [0.717, 1.165) is 0 Å². The van der Waals surface area contributed by atoms with E-state index in [1.165, 1.54) is 0 Å². The Labute approximate surface area is 168 Å². The second-order valence-electron chi connectivity index (χ2n) is 11.8. The number of hydrogen-bond acceptors (Lipinski definition) is 0. The molecule has 0 N–H and O–H groups in total. The summed E-state index contributed by atoms with van der Waals surface area (Å²) in [5.74, 6) is 0. The van der Waals surface area contributed by atoms with Crippen molar-refractivity contribution in [3.8, 4) is 0 Å². The summed E-state index contributed by atoms with van der Waals surface area (Å²) in [5.41, 5.74) is 0. The highest BCUT2D eigenvalue weighted by molar-refractivity contribution is 8.93. The lowest BCUT2D eigenvalue weighted by Crippen LogP contribution is -2.58. The van der Waals surface area contributed by atoms with E-state index in [4.69, 9.17) is 0 Å². The van der Waals surface area contributed by atoms with Gasteiger partial charge in [-0.1, -0.05) is 128 Å². The van der Waals surface area contributed by atoms with Crippen LogP contribution in [0.2, 0.25) is 10.1 Å². The molecule has 1 saturated heterocycles. The summed E-state index contributed by atoms with van der Waals surface area (Å²) in [5, 5.41) is 3.48. The summed E-state index contributed by atoms with van der Waals surface area (Å²) in [6, 6.07) is 11.7. The van der Waals surface area contributed by atoms with Crippen molar-refractivity contribution in [1.29, 1.82) is 0 Å². The molecule has 0 amide bonds. The van der Waals surface area contributed by atoms with Crippen LogP contribution in [0.3, 0.4) is 0 Å². The zero-order chi connectivity index (χ0) is 20.3. The van der Waals surface area contributed by atoms with Gasteiger partial charge in [0, 0.05) is 0 Å². The molecule has 0 nitrogen and oxygen atoms in total. The standard InChI is InChI=1S/C22H41P3Si/c1-19(2,3)24-23(18-16-14-13-15-17-18)25(20(4,5)6)26(24,21(7,8)9)22(10,11)12/h13-17H,1-12H3. The van der Waals surface area contributed by atoms with Crippen molar-refractivity contribution < 1.29 is 0 Å². The predicted octanol–water partition coefficient (Wildman–Crippen LogP) is 9.24. The van der Waals surface area contributed by atoms with E-state index in [0.29, 0.717) is 20.4 Å². The molecular weight excluding hydrogens is 385 g/mol. The molecule has 0 aliphatic carbocycles. The van der Waals surface area contributed by atoms with Crippen molar-refractivity contribution >= 4 is 34.3 Å². The average Bonchev–Trinajstić information content (AvgIpc) is 2.31. The minimum absolute atomic E-state index is 0.0210. The van der Waals surface area contributed by atoms with Gasteiger partial charge in [0.1, 0.15) is 7.41 Å². The molecule has 2 rings (SSSR count). The molecule has 26 heavy (non-hydrogen) atoms. The number of benzene rings is 1. The maximum absolute atomic E-state index is 2.60. The first-order valence-electron chi connectivity index (χ1n) is 9.93. The van der Waals surface area contributed by atoms with E-state index in [-0.39, 0.29) is 21.6 Å². The van der Waals surface area contributed by atoms with E-state index in [1.54, 1.807) is 5.30 Å². The van der Waals surface area contributed by atoms with Gasteiger partial charge >= 0.3 is 0 Å². The summed E-state index contributed by atoms with van der Waals surface area (Å²) >= 11 is 0. The van der Waals surface area contributed by atoms with Crippen molar-refractivity contribution in [2.75, 3.05) is 0 Å². The molecule has 1 aromatic carbocycles. The maximum Gasteiger partial charge on any atom is 0.130 e. The molecule has 1 fully saturated rings. The minimum atomic E-state index is -1.56. The second kappa shape index (κ2) is 6.91. The van der Waals surface area contributed by atoms with E-state index in [2.05, 4.69) is 113 Å². The number of rotatable bonds is 1. The highest BCUT2D eigenvalue weighted by Gasteiger charge is 2.76. The van der Waals surface area contributed by atoms with Gasteiger partial charge in [-0.05, 0) is 33.0 Å². The normalized spacial score (nSPS) is 27.2. The molecule has 1 aromatic rings. The van der Waals surface area contributed by atoms with Crippen LogP contribution in [-0.2, 0) is 0 Å².